The van der Waals surface area contributed by atoms with Crippen LogP contribution in [0.5, 0.6) is 5.75 Å². The van der Waals surface area contributed by atoms with E-state index < -0.39 is 19.1 Å². The highest BCUT2D eigenvalue weighted by Crippen LogP contribution is 2.38. The smallest absolute Gasteiger partial charge is 0.387 e. The van der Waals surface area contributed by atoms with Crippen LogP contribution < -0.4 is 4.74 Å². The molecule has 0 aromatic heterocycles. The molecule has 33 heavy (non-hydrogen) atoms. The second-order valence-corrected chi connectivity index (χ2v) is 9.08. The molecule has 1 saturated carbocycles. The topological polar surface area (TPSA) is 18.5 Å². The predicted octanol–water partition coefficient (Wildman–Crippen LogP) is 8.49. The first kappa shape index (κ1) is 25.5. The van der Waals surface area contributed by atoms with Crippen molar-refractivity contribution in [2.24, 2.45) is 5.92 Å². The molecule has 182 valence electrons. The molecule has 0 amide bonds. The maximum atomic E-state index is 14.3. The van der Waals surface area contributed by atoms with Gasteiger partial charge in [0.2, 0.25) is 0 Å². The van der Waals surface area contributed by atoms with Gasteiger partial charge >= 0.3 is 12.7 Å². The van der Waals surface area contributed by atoms with E-state index in [1.54, 1.807) is 0 Å². The van der Waals surface area contributed by atoms with Crippen LogP contribution in [0.4, 0.5) is 17.6 Å². The Balaban J connectivity index is 1.44. The Hall–Kier alpha value is -2.08. The van der Waals surface area contributed by atoms with Gasteiger partial charge in [0, 0.05) is 0 Å². The molecular formula is C27H34F4O2. The lowest BCUT2D eigenvalue weighted by Crippen LogP contribution is -2.23. The molecule has 1 aliphatic carbocycles. The highest BCUT2D eigenvalue weighted by atomic mass is 19.3. The summed E-state index contributed by atoms with van der Waals surface area (Å²) < 4.78 is 62.0. The van der Waals surface area contributed by atoms with Gasteiger partial charge in [0.25, 0.3) is 0 Å². The van der Waals surface area contributed by atoms with Crippen molar-refractivity contribution in [3.63, 3.8) is 0 Å². The van der Waals surface area contributed by atoms with Crippen LogP contribution in [0.15, 0.2) is 48.5 Å². The van der Waals surface area contributed by atoms with E-state index in [-0.39, 0.29) is 17.9 Å². The normalized spacial score (nSPS) is 19.1. The minimum absolute atomic E-state index is 0.0666. The molecule has 2 aromatic carbocycles. The van der Waals surface area contributed by atoms with Crippen LogP contribution in [0.3, 0.4) is 0 Å². The van der Waals surface area contributed by atoms with Crippen molar-refractivity contribution in [3.05, 3.63) is 65.2 Å². The van der Waals surface area contributed by atoms with Crippen LogP contribution in [0.1, 0.15) is 80.9 Å². The summed E-state index contributed by atoms with van der Waals surface area (Å²) in [5, 5.41) is 0. The minimum Gasteiger partial charge on any atom is -0.435 e. The third kappa shape index (κ3) is 8.65. The Morgan fingerprint density at radius 3 is 2.12 bits per heavy atom. The van der Waals surface area contributed by atoms with Crippen molar-refractivity contribution in [1.82, 2.24) is 0 Å². The highest BCUT2D eigenvalue weighted by molar-refractivity contribution is 5.28. The molecule has 0 spiro atoms. The predicted molar refractivity (Wildman–Crippen MR) is 122 cm³/mol. The Kier molecular flexibility index (Phi) is 9.60. The summed E-state index contributed by atoms with van der Waals surface area (Å²) in [4.78, 5) is 0. The molecule has 2 aromatic rings. The molecule has 0 heterocycles. The molecule has 0 bridgehead atoms. The zero-order valence-corrected chi connectivity index (χ0v) is 19.3. The molecule has 0 unspecified atom stereocenters. The largest absolute Gasteiger partial charge is 0.435 e. The average Bonchev–Trinajstić information content (AvgIpc) is 2.80. The standard InChI is InChI=1S/C27H34F4O2/c1-2-3-4-5-20-6-12-23(13-7-20)24-14-8-22(9-15-24)19-32-27(30,31)18-21-10-16-25(17-11-21)33-26(28)29/h8-11,14-17,20,23,26H,2-7,12-13,18-19H2,1H3. The molecule has 0 N–H and O–H groups in total. The lowest BCUT2D eigenvalue weighted by atomic mass is 9.77. The fraction of sp³-hybridized carbons (Fsp3) is 0.556. The van der Waals surface area contributed by atoms with E-state index in [0.717, 1.165) is 5.92 Å². The molecule has 0 saturated heterocycles. The molecule has 0 atom stereocenters. The van der Waals surface area contributed by atoms with Gasteiger partial charge in [0.1, 0.15) is 5.75 Å². The van der Waals surface area contributed by atoms with Crippen molar-refractivity contribution >= 4 is 0 Å². The molecule has 2 nitrogen and oxygen atoms in total. The molecule has 1 aliphatic rings. The fourth-order valence-electron chi connectivity index (χ4n) is 4.62. The van der Waals surface area contributed by atoms with Crippen molar-refractivity contribution in [1.29, 1.82) is 0 Å². The van der Waals surface area contributed by atoms with Gasteiger partial charge in [0.15, 0.2) is 0 Å². The van der Waals surface area contributed by atoms with Gasteiger partial charge in [-0.25, -0.2) is 0 Å². The van der Waals surface area contributed by atoms with Gasteiger partial charge in [-0.1, -0.05) is 69.0 Å². The van der Waals surface area contributed by atoms with E-state index in [9.17, 15) is 17.6 Å². The van der Waals surface area contributed by atoms with Gasteiger partial charge in [-0.15, -0.1) is 0 Å². The molecule has 3 rings (SSSR count). The summed E-state index contributed by atoms with van der Waals surface area (Å²) in [5.74, 6) is 1.35. The molecule has 1 fully saturated rings. The molecular weight excluding hydrogens is 432 g/mol. The minimum atomic E-state index is -3.36. The molecule has 0 aliphatic heterocycles. The van der Waals surface area contributed by atoms with Crippen LogP contribution in [-0.4, -0.2) is 12.7 Å². The van der Waals surface area contributed by atoms with Crippen molar-refractivity contribution in [3.8, 4) is 5.75 Å². The Morgan fingerprint density at radius 2 is 1.52 bits per heavy atom. The summed E-state index contributed by atoms with van der Waals surface area (Å²) in [6.07, 6.45) is 6.23. The van der Waals surface area contributed by atoms with Gasteiger partial charge < -0.3 is 9.47 Å². The average molecular weight is 467 g/mol. The number of benzene rings is 2. The summed E-state index contributed by atoms with van der Waals surface area (Å²) in [5.41, 5.74) is 2.26. The first-order valence-electron chi connectivity index (χ1n) is 12.0. The van der Waals surface area contributed by atoms with E-state index >= 15 is 0 Å². The quantitative estimate of drug-likeness (QED) is 0.231. The molecule has 0 radical (unpaired) electrons. The third-order valence-electron chi connectivity index (χ3n) is 6.52. The number of hydrogen-bond donors (Lipinski definition) is 0. The maximum Gasteiger partial charge on any atom is 0.387 e. The lowest BCUT2D eigenvalue weighted by Gasteiger charge is -2.29. The first-order chi connectivity index (χ1) is 15.8. The third-order valence-corrected chi connectivity index (χ3v) is 6.52. The zero-order valence-electron chi connectivity index (χ0n) is 19.3. The second-order valence-electron chi connectivity index (χ2n) is 9.08. The summed E-state index contributed by atoms with van der Waals surface area (Å²) in [6.45, 7) is -0.899. The van der Waals surface area contributed by atoms with E-state index in [0.29, 0.717) is 11.5 Å². The number of ether oxygens (including phenoxy) is 2. The summed E-state index contributed by atoms with van der Waals surface area (Å²) in [7, 11) is 0. The monoisotopic (exact) mass is 466 g/mol. The Labute approximate surface area is 194 Å². The number of unbranched alkanes of at least 4 members (excludes halogenated alkanes) is 2. The zero-order chi connectivity index (χ0) is 23.7. The first-order valence-corrected chi connectivity index (χ1v) is 12.0. The summed E-state index contributed by atoms with van der Waals surface area (Å²) >= 11 is 0. The van der Waals surface area contributed by atoms with E-state index in [1.807, 2.05) is 24.3 Å². The van der Waals surface area contributed by atoms with Crippen molar-refractivity contribution in [2.45, 2.75) is 90.0 Å². The van der Waals surface area contributed by atoms with Gasteiger partial charge in [0.05, 0.1) is 13.0 Å². The summed E-state index contributed by atoms with van der Waals surface area (Å²) in [6, 6.07) is 13.0. The van der Waals surface area contributed by atoms with Gasteiger partial charge in [-0.05, 0) is 66.3 Å². The number of alkyl halides is 4. The van der Waals surface area contributed by atoms with Gasteiger partial charge in [-0.2, -0.15) is 17.6 Å². The van der Waals surface area contributed by atoms with E-state index in [2.05, 4.69) is 11.7 Å². The Bertz CT molecular complexity index is 813. The second kappa shape index (κ2) is 12.4. The van der Waals surface area contributed by atoms with Crippen LogP contribution in [-0.2, 0) is 17.8 Å². The number of hydrogen-bond acceptors (Lipinski definition) is 2. The van der Waals surface area contributed by atoms with E-state index in [4.69, 9.17) is 4.74 Å². The maximum absolute atomic E-state index is 14.3. The van der Waals surface area contributed by atoms with Crippen LogP contribution in [0.25, 0.3) is 0 Å². The van der Waals surface area contributed by atoms with Crippen LogP contribution >= 0.6 is 0 Å². The molecule has 6 heteroatoms. The highest BCUT2D eigenvalue weighted by Gasteiger charge is 2.30. The number of halogens is 4. The van der Waals surface area contributed by atoms with Crippen molar-refractivity contribution < 1.29 is 27.0 Å². The van der Waals surface area contributed by atoms with Crippen LogP contribution in [0.2, 0.25) is 0 Å². The van der Waals surface area contributed by atoms with Crippen LogP contribution in [0, 0.1) is 5.92 Å². The fourth-order valence-corrected chi connectivity index (χ4v) is 4.62. The number of rotatable bonds is 12. The Morgan fingerprint density at radius 1 is 0.879 bits per heavy atom. The lowest BCUT2D eigenvalue weighted by molar-refractivity contribution is -0.244. The van der Waals surface area contributed by atoms with Crippen molar-refractivity contribution in [2.75, 3.05) is 0 Å². The SMILES string of the molecule is CCCCCC1CCC(c2ccc(COC(F)(F)Cc3ccc(OC(F)F)cc3)cc2)CC1. The van der Waals surface area contributed by atoms with E-state index in [1.165, 1.54) is 81.2 Å². The van der Waals surface area contributed by atoms with Gasteiger partial charge in [-0.3, -0.25) is 0 Å².